The average Bonchev–Trinajstić information content (AvgIpc) is 3.27. The maximum absolute atomic E-state index is 2.45. The van der Waals surface area contributed by atoms with Crippen molar-refractivity contribution in [3.05, 3.63) is 224 Å². The van der Waals surface area contributed by atoms with Crippen LogP contribution in [-0.4, -0.2) is 0 Å². The molecule has 258 valence electrons. The van der Waals surface area contributed by atoms with Gasteiger partial charge in [0, 0.05) is 16.8 Å². The lowest BCUT2D eigenvalue weighted by molar-refractivity contribution is 1.30. The van der Waals surface area contributed by atoms with Crippen LogP contribution in [0.25, 0.3) is 76.8 Å². The third-order valence-corrected chi connectivity index (χ3v) is 10.9. The number of benzene rings is 10. The van der Waals surface area contributed by atoms with Crippen molar-refractivity contribution in [2.45, 2.75) is 0 Å². The first-order chi connectivity index (χ1) is 27.3. The van der Waals surface area contributed by atoms with Gasteiger partial charge in [-0.3, -0.25) is 0 Å². The second-order valence-electron chi connectivity index (χ2n) is 14.1. The minimum Gasteiger partial charge on any atom is -0.310 e. The average molecular weight is 700 g/mol. The summed E-state index contributed by atoms with van der Waals surface area (Å²) in [7, 11) is 0. The Morgan fingerprint density at radius 1 is 0.236 bits per heavy atom. The Morgan fingerprint density at radius 2 is 0.691 bits per heavy atom. The molecule has 0 atom stereocenters. The molecular formula is C54H37N. The SMILES string of the molecule is c1ccc(-c2ccc(-c3ccc(N(c4ccc(-c5ccccc5)c(-c5ccccc5)c4)c4ccc5ccc6ccccc6c5c4)c4ccccc34)cc2)cc1. The van der Waals surface area contributed by atoms with E-state index in [2.05, 4.69) is 229 Å². The van der Waals surface area contributed by atoms with Gasteiger partial charge < -0.3 is 4.90 Å². The van der Waals surface area contributed by atoms with Crippen molar-refractivity contribution in [2.75, 3.05) is 4.90 Å². The lowest BCUT2D eigenvalue weighted by Gasteiger charge is -2.29. The molecule has 0 heterocycles. The normalized spacial score (nSPS) is 11.3. The number of hydrogen-bond acceptors (Lipinski definition) is 1. The molecule has 0 spiro atoms. The molecule has 0 N–H and O–H groups in total. The maximum Gasteiger partial charge on any atom is 0.0540 e. The second kappa shape index (κ2) is 14.0. The van der Waals surface area contributed by atoms with Gasteiger partial charge in [0.15, 0.2) is 0 Å². The van der Waals surface area contributed by atoms with Crippen molar-refractivity contribution in [3.8, 4) is 44.5 Å². The van der Waals surface area contributed by atoms with E-state index in [4.69, 9.17) is 0 Å². The first kappa shape index (κ1) is 32.4. The highest BCUT2D eigenvalue weighted by atomic mass is 15.1. The summed E-state index contributed by atoms with van der Waals surface area (Å²) in [6.07, 6.45) is 0. The van der Waals surface area contributed by atoms with Gasteiger partial charge in [0.25, 0.3) is 0 Å². The molecule has 10 aromatic rings. The smallest absolute Gasteiger partial charge is 0.0540 e. The molecule has 0 unspecified atom stereocenters. The summed E-state index contributed by atoms with van der Waals surface area (Å²) >= 11 is 0. The second-order valence-corrected chi connectivity index (χ2v) is 14.1. The third-order valence-electron chi connectivity index (χ3n) is 10.9. The van der Waals surface area contributed by atoms with Crippen molar-refractivity contribution < 1.29 is 0 Å². The lowest BCUT2D eigenvalue weighted by Crippen LogP contribution is -2.11. The van der Waals surface area contributed by atoms with E-state index in [1.54, 1.807) is 0 Å². The number of fused-ring (bicyclic) bond motifs is 4. The monoisotopic (exact) mass is 699 g/mol. The van der Waals surface area contributed by atoms with E-state index < -0.39 is 0 Å². The van der Waals surface area contributed by atoms with Crippen LogP contribution in [0.4, 0.5) is 17.1 Å². The molecule has 0 radical (unpaired) electrons. The molecule has 0 bridgehead atoms. The fraction of sp³-hybridized carbons (Fsp3) is 0. The van der Waals surface area contributed by atoms with E-state index in [0.29, 0.717) is 0 Å². The van der Waals surface area contributed by atoms with Crippen LogP contribution in [0.15, 0.2) is 224 Å². The van der Waals surface area contributed by atoms with Gasteiger partial charge in [0.05, 0.1) is 5.69 Å². The van der Waals surface area contributed by atoms with Crippen LogP contribution in [0.1, 0.15) is 0 Å². The Hall–Kier alpha value is -7.22. The van der Waals surface area contributed by atoms with Gasteiger partial charge in [0.2, 0.25) is 0 Å². The number of nitrogens with zero attached hydrogens (tertiary/aromatic N) is 1. The zero-order chi connectivity index (χ0) is 36.6. The quantitative estimate of drug-likeness (QED) is 0.150. The molecule has 55 heavy (non-hydrogen) atoms. The molecule has 0 aliphatic rings. The van der Waals surface area contributed by atoms with E-state index in [-0.39, 0.29) is 0 Å². The van der Waals surface area contributed by atoms with Crippen molar-refractivity contribution in [2.24, 2.45) is 0 Å². The van der Waals surface area contributed by atoms with Crippen LogP contribution in [-0.2, 0) is 0 Å². The minimum atomic E-state index is 1.10. The van der Waals surface area contributed by atoms with Crippen LogP contribution >= 0.6 is 0 Å². The topological polar surface area (TPSA) is 3.24 Å². The standard InChI is InChI=1S/C54H37N/c1-4-14-38(15-5-1)39-24-26-43(27-25-39)48-34-35-54(51-23-13-12-22-50(48)51)55(45-31-30-44-29-28-42-20-10-11-21-47(42)53(44)36-45)46-32-33-49(40-16-6-2-7-17-40)52(37-46)41-18-8-3-9-19-41/h1-37H. The predicted molar refractivity (Wildman–Crippen MR) is 235 cm³/mol. The van der Waals surface area contributed by atoms with Gasteiger partial charge in [-0.1, -0.05) is 194 Å². The van der Waals surface area contributed by atoms with Crippen LogP contribution in [0.5, 0.6) is 0 Å². The largest absolute Gasteiger partial charge is 0.310 e. The summed E-state index contributed by atoms with van der Waals surface area (Å²) in [6, 6.07) is 81.5. The fourth-order valence-electron chi connectivity index (χ4n) is 8.16. The zero-order valence-corrected chi connectivity index (χ0v) is 30.3. The van der Waals surface area contributed by atoms with Crippen LogP contribution in [0.2, 0.25) is 0 Å². The minimum absolute atomic E-state index is 1.10. The molecule has 0 amide bonds. The summed E-state index contributed by atoms with van der Waals surface area (Å²) in [5.74, 6) is 0. The van der Waals surface area contributed by atoms with Gasteiger partial charge in [-0.05, 0) is 102 Å². The number of rotatable bonds is 7. The number of anilines is 3. The van der Waals surface area contributed by atoms with Gasteiger partial charge in [-0.25, -0.2) is 0 Å². The maximum atomic E-state index is 2.45. The molecule has 1 heteroatoms. The summed E-state index contributed by atoms with van der Waals surface area (Å²) in [6.45, 7) is 0. The highest BCUT2D eigenvalue weighted by Gasteiger charge is 2.20. The van der Waals surface area contributed by atoms with Gasteiger partial charge in [-0.2, -0.15) is 0 Å². The van der Waals surface area contributed by atoms with E-state index >= 15 is 0 Å². The molecule has 0 fully saturated rings. The molecular weight excluding hydrogens is 663 g/mol. The van der Waals surface area contributed by atoms with E-state index in [1.807, 2.05) is 0 Å². The first-order valence-corrected chi connectivity index (χ1v) is 18.9. The Kier molecular flexibility index (Phi) is 8.24. The summed E-state index contributed by atoms with van der Waals surface area (Å²) < 4.78 is 0. The van der Waals surface area contributed by atoms with E-state index in [0.717, 1.165) is 17.1 Å². The summed E-state index contributed by atoms with van der Waals surface area (Å²) in [5.41, 5.74) is 13.0. The highest BCUT2D eigenvalue weighted by molar-refractivity contribution is 6.11. The van der Waals surface area contributed by atoms with Crippen LogP contribution in [0, 0.1) is 0 Å². The highest BCUT2D eigenvalue weighted by Crippen LogP contribution is 2.45. The van der Waals surface area contributed by atoms with Crippen molar-refractivity contribution in [1.82, 2.24) is 0 Å². The molecule has 10 rings (SSSR count). The Labute approximate surface area is 322 Å². The Morgan fingerprint density at radius 3 is 1.40 bits per heavy atom. The summed E-state index contributed by atoms with van der Waals surface area (Å²) in [5, 5.41) is 7.37. The molecule has 0 aromatic heterocycles. The van der Waals surface area contributed by atoms with Crippen molar-refractivity contribution in [1.29, 1.82) is 0 Å². The molecule has 0 saturated heterocycles. The predicted octanol–water partition coefficient (Wildman–Crippen LogP) is 15.3. The fourth-order valence-corrected chi connectivity index (χ4v) is 8.16. The molecule has 10 aromatic carbocycles. The molecule has 0 aliphatic carbocycles. The van der Waals surface area contributed by atoms with Gasteiger partial charge in [0.1, 0.15) is 0 Å². The first-order valence-electron chi connectivity index (χ1n) is 18.9. The van der Waals surface area contributed by atoms with Gasteiger partial charge >= 0.3 is 0 Å². The van der Waals surface area contributed by atoms with Crippen molar-refractivity contribution >= 4 is 49.4 Å². The van der Waals surface area contributed by atoms with Crippen molar-refractivity contribution in [3.63, 3.8) is 0 Å². The molecule has 1 nitrogen and oxygen atoms in total. The summed E-state index contributed by atoms with van der Waals surface area (Å²) in [4.78, 5) is 2.45. The lowest BCUT2D eigenvalue weighted by atomic mass is 9.92. The molecule has 0 saturated carbocycles. The van der Waals surface area contributed by atoms with Gasteiger partial charge in [-0.15, -0.1) is 0 Å². The third kappa shape index (κ3) is 6.02. The Balaban J connectivity index is 1.20. The zero-order valence-electron chi connectivity index (χ0n) is 30.3. The van der Waals surface area contributed by atoms with E-state index in [9.17, 15) is 0 Å². The van der Waals surface area contributed by atoms with Crippen LogP contribution in [0.3, 0.4) is 0 Å². The Bertz CT molecular complexity index is 2950. The number of hydrogen-bond donors (Lipinski definition) is 0. The molecule has 0 aliphatic heterocycles. The van der Waals surface area contributed by atoms with Crippen LogP contribution < -0.4 is 4.90 Å². The van der Waals surface area contributed by atoms with E-state index in [1.165, 1.54) is 76.8 Å².